The summed E-state index contributed by atoms with van der Waals surface area (Å²) in [5.41, 5.74) is 3.57. The fraction of sp³-hybridized carbons (Fsp3) is 0.158. The number of halogens is 1. The first-order valence-corrected chi connectivity index (χ1v) is 8.35. The lowest BCUT2D eigenvalue weighted by Gasteiger charge is -2.12. The van der Waals surface area contributed by atoms with Gasteiger partial charge in [-0.3, -0.25) is 4.79 Å². The van der Waals surface area contributed by atoms with Crippen molar-refractivity contribution in [1.82, 2.24) is 9.78 Å². The molecule has 1 aromatic heterocycles. The molecule has 1 N–H and O–H groups in total. The molecule has 0 aliphatic carbocycles. The van der Waals surface area contributed by atoms with E-state index in [9.17, 15) is 4.79 Å². The molecule has 126 valence electrons. The predicted octanol–water partition coefficient (Wildman–Crippen LogP) is 3.78. The van der Waals surface area contributed by atoms with Crippen LogP contribution in [0.15, 0.2) is 54.7 Å². The highest BCUT2D eigenvalue weighted by atomic mass is 35.5. The molecular weight excluding hydrogens is 338 g/mol. The number of hydrogen-bond donors (Lipinski definition) is 1. The van der Waals surface area contributed by atoms with Crippen LogP contribution in [0.1, 0.15) is 11.3 Å². The lowest BCUT2D eigenvalue weighted by atomic mass is 10.1. The van der Waals surface area contributed by atoms with Gasteiger partial charge in [0.1, 0.15) is 5.75 Å². The van der Waals surface area contributed by atoms with Gasteiger partial charge in [0.05, 0.1) is 5.69 Å². The van der Waals surface area contributed by atoms with Crippen molar-refractivity contribution in [3.05, 3.63) is 71.0 Å². The number of aromatic nitrogens is 2. The zero-order valence-electron chi connectivity index (χ0n) is 13.6. The standard InChI is InChI=1S/C19H16ClN3O2/c1-12-7-8-21-23(12)16-4-2-3-15(11-16)22-19(24)18-10-13-9-14(20)5-6-17(13)25-18/h2-9,11,18H,10H2,1H3,(H,22,24). The molecule has 1 unspecified atom stereocenters. The van der Waals surface area contributed by atoms with Gasteiger partial charge >= 0.3 is 0 Å². The largest absolute Gasteiger partial charge is 0.480 e. The topological polar surface area (TPSA) is 56.2 Å². The second-order valence-corrected chi connectivity index (χ2v) is 6.42. The first-order chi connectivity index (χ1) is 12.1. The molecule has 1 amide bonds. The molecule has 0 spiro atoms. The van der Waals surface area contributed by atoms with Crippen LogP contribution >= 0.6 is 11.6 Å². The lowest BCUT2D eigenvalue weighted by Crippen LogP contribution is -2.31. The van der Waals surface area contributed by atoms with Gasteiger partial charge in [-0.15, -0.1) is 0 Å². The average molecular weight is 354 g/mol. The highest BCUT2D eigenvalue weighted by molar-refractivity contribution is 6.30. The molecular formula is C19H16ClN3O2. The second-order valence-electron chi connectivity index (χ2n) is 5.99. The van der Waals surface area contributed by atoms with E-state index in [1.54, 1.807) is 18.3 Å². The third kappa shape index (κ3) is 3.10. The van der Waals surface area contributed by atoms with Crippen LogP contribution in [0.25, 0.3) is 5.69 Å². The van der Waals surface area contributed by atoms with E-state index in [-0.39, 0.29) is 5.91 Å². The summed E-state index contributed by atoms with van der Waals surface area (Å²) in [6, 6.07) is 14.9. The summed E-state index contributed by atoms with van der Waals surface area (Å²) >= 11 is 6.00. The Morgan fingerprint density at radius 1 is 1.28 bits per heavy atom. The van der Waals surface area contributed by atoms with Crippen molar-refractivity contribution < 1.29 is 9.53 Å². The number of aryl methyl sites for hydroxylation is 1. The molecule has 3 aromatic rings. The van der Waals surface area contributed by atoms with Crippen LogP contribution in [0.5, 0.6) is 5.75 Å². The van der Waals surface area contributed by atoms with E-state index < -0.39 is 6.10 Å². The Labute approximate surface area is 150 Å². The number of rotatable bonds is 3. The number of anilines is 1. The molecule has 0 saturated heterocycles. The fourth-order valence-electron chi connectivity index (χ4n) is 2.94. The Kier molecular flexibility index (Phi) is 3.93. The Bertz CT molecular complexity index is 951. The van der Waals surface area contributed by atoms with Crippen molar-refractivity contribution in [1.29, 1.82) is 0 Å². The Morgan fingerprint density at radius 3 is 2.96 bits per heavy atom. The van der Waals surface area contributed by atoms with Crippen molar-refractivity contribution in [2.24, 2.45) is 0 Å². The molecule has 0 bridgehead atoms. The summed E-state index contributed by atoms with van der Waals surface area (Å²) in [6.07, 6.45) is 1.71. The molecule has 1 atom stereocenters. The number of hydrogen-bond acceptors (Lipinski definition) is 3. The molecule has 1 aliphatic heterocycles. The second kappa shape index (κ2) is 6.26. The SMILES string of the molecule is Cc1ccnn1-c1cccc(NC(=O)C2Cc3cc(Cl)ccc3O2)c1. The molecule has 0 saturated carbocycles. The van der Waals surface area contributed by atoms with Crippen LogP contribution < -0.4 is 10.1 Å². The highest BCUT2D eigenvalue weighted by Gasteiger charge is 2.29. The van der Waals surface area contributed by atoms with Crippen LogP contribution in [0.4, 0.5) is 5.69 Å². The van der Waals surface area contributed by atoms with E-state index >= 15 is 0 Å². The van der Waals surface area contributed by atoms with Crippen LogP contribution in [-0.4, -0.2) is 21.8 Å². The minimum absolute atomic E-state index is 0.179. The summed E-state index contributed by atoms with van der Waals surface area (Å²) < 4.78 is 7.55. The van der Waals surface area contributed by atoms with Gasteiger partial charge in [0.2, 0.25) is 0 Å². The molecule has 25 heavy (non-hydrogen) atoms. The number of amides is 1. The molecule has 5 nitrogen and oxygen atoms in total. The molecule has 2 aromatic carbocycles. The maximum Gasteiger partial charge on any atom is 0.265 e. The number of carbonyl (C=O) groups is 1. The normalized spacial score (nSPS) is 15.5. The van der Waals surface area contributed by atoms with Crippen molar-refractivity contribution in [2.75, 3.05) is 5.32 Å². The maximum absolute atomic E-state index is 12.5. The van der Waals surface area contributed by atoms with Crippen LogP contribution in [-0.2, 0) is 11.2 Å². The van der Waals surface area contributed by atoms with Gasteiger partial charge in [-0.05, 0) is 55.0 Å². The van der Waals surface area contributed by atoms with Crippen molar-refractivity contribution >= 4 is 23.2 Å². The monoisotopic (exact) mass is 353 g/mol. The van der Waals surface area contributed by atoms with Crippen LogP contribution in [0, 0.1) is 6.92 Å². The number of carbonyl (C=O) groups excluding carboxylic acids is 1. The minimum Gasteiger partial charge on any atom is -0.480 e. The van der Waals surface area contributed by atoms with Gasteiger partial charge in [-0.25, -0.2) is 4.68 Å². The number of benzene rings is 2. The van der Waals surface area contributed by atoms with Gasteiger partial charge < -0.3 is 10.1 Å². The van der Waals surface area contributed by atoms with E-state index in [0.29, 0.717) is 22.9 Å². The van der Waals surface area contributed by atoms with Crippen molar-refractivity contribution in [3.8, 4) is 11.4 Å². The number of nitrogens with one attached hydrogen (secondary N) is 1. The summed E-state index contributed by atoms with van der Waals surface area (Å²) in [5, 5.41) is 7.85. The molecule has 6 heteroatoms. The number of nitrogens with zero attached hydrogens (tertiary/aromatic N) is 2. The van der Waals surface area contributed by atoms with E-state index in [0.717, 1.165) is 16.9 Å². The maximum atomic E-state index is 12.5. The number of ether oxygens (including phenoxy) is 1. The van der Waals surface area contributed by atoms with Gasteiger partial charge in [0.15, 0.2) is 6.10 Å². The van der Waals surface area contributed by atoms with Gasteiger partial charge in [0, 0.05) is 29.0 Å². The summed E-state index contributed by atoms with van der Waals surface area (Å²) in [7, 11) is 0. The molecule has 0 radical (unpaired) electrons. The summed E-state index contributed by atoms with van der Waals surface area (Å²) in [6.45, 7) is 1.98. The average Bonchev–Trinajstić information content (AvgIpc) is 3.20. The third-order valence-electron chi connectivity index (χ3n) is 4.18. The molecule has 4 rings (SSSR count). The number of fused-ring (bicyclic) bond motifs is 1. The summed E-state index contributed by atoms with van der Waals surface area (Å²) in [4.78, 5) is 12.5. The van der Waals surface area contributed by atoms with Gasteiger partial charge in [-0.1, -0.05) is 17.7 Å². The Hall–Kier alpha value is -2.79. The van der Waals surface area contributed by atoms with Gasteiger partial charge in [-0.2, -0.15) is 5.10 Å². The third-order valence-corrected chi connectivity index (χ3v) is 4.41. The summed E-state index contributed by atoms with van der Waals surface area (Å²) in [5.74, 6) is 0.534. The minimum atomic E-state index is -0.552. The first kappa shape index (κ1) is 15.7. The van der Waals surface area contributed by atoms with Crippen LogP contribution in [0.2, 0.25) is 5.02 Å². The van der Waals surface area contributed by atoms with E-state index in [1.165, 1.54) is 0 Å². The van der Waals surface area contributed by atoms with E-state index in [4.69, 9.17) is 16.3 Å². The van der Waals surface area contributed by atoms with E-state index in [1.807, 2.05) is 48.0 Å². The molecule has 1 aliphatic rings. The smallest absolute Gasteiger partial charge is 0.265 e. The lowest BCUT2D eigenvalue weighted by molar-refractivity contribution is -0.122. The zero-order chi connectivity index (χ0) is 17.4. The first-order valence-electron chi connectivity index (χ1n) is 7.97. The molecule has 2 heterocycles. The quantitative estimate of drug-likeness (QED) is 0.779. The van der Waals surface area contributed by atoms with E-state index in [2.05, 4.69) is 10.4 Å². The molecule has 0 fully saturated rings. The zero-order valence-corrected chi connectivity index (χ0v) is 14.3. The highest BCUT2D eigenvalue weighted by Crippen LogP contribution is 2.31. The Balaban J connectivity index is 1.50. The van der Waals surface area contributed by atoms with Crippen molar-refractivity contribution in [3.63, 3.8) is 0 Å². The van der Waals surface area contributed by atoms with Crippen molar-refractivity contribution in [2.45, 2.75) is 19.4 Å². The van der Waals surface area contributed by atoms with Gasteiger partial charge in [0.25, 0.3) is 5.91 Å². The Morgan fingerprint density at radius 2 is 2.16 bits per heavy atom. The van der Waals surface area contributed by atoms with Crippen LogP contribution in [0.3, 0.4) is 0 Å². The predicted molar refractivity (Wildman–Crippen MR) is 96.5 cm³/mol. The fourth-order valence-corrected chi connectivity index (χ4v) is 3.14.